The summed E-state index contributed by atoms with van der Waals surface area (Å²) < 4.78 is 0. The van der Waals surface area contributed by atoms with Crippen LogP contribution in [0.3, 0.4) is 0 Å². The lowest BCUT2D eigenvalue weighted by Gasteiger charge is -2.17. The summed E-state index contributed by atoms with van der Waals surface area (Å²) in [6.07, 6.45) is 3.02. The molecule has 0 bridgehead atoms. The molecular formula is C16H13Cl2N3OS. The average molecular weight is 366 g/mol. The maximum atomic E-state index is 12.4. The second kappa shape index (κ2) is 6.48. The molecule has 0 radical (unpaired) electrons. The molecule has 1 fully saturated rings. The van der Waals surface area contributed by atoms with Crippen LogP contribution in [0.1, 0.15) is 25.7 Å². The van der Waals surface area contributed by atoms with Crippen LogP contribution in [0.25, 0.3) is 11.3 Å². The number of anilines is 1. The number of nitriles is 1. The number of halogens is 2. The standard InChI is InChI=1S/C16H13Cl2N3OS/c17-10-3-4-12(18)11(7-10)13-8-23-15(20-13)21-14(22)16(9-19)5-1-2-6-16/h3-4,7-8H,1-2,5-6H2,(H,20,21,22). The molecule has 0 saturated heterocycles. The van der Waals surface area contributed by atoms with Gasteiger partial charge in [-0.15, -0.1) is 11.3 Å². The van der Waals surface area contributed by atoms with E-state index in [2.05, 4.69) is 16.4 Å². The molecule has 23 heavy (non-hydrogen) atoms. The maximum Gasteiger partial charge on any atom is 0.246 e. The fourth-order valence-electron chi connectivity index (χ4n) is 2.73. The first kappa shape index (κ1) is 16.3. The Hall–Kier alpha value is -1.61. The van der Waals surface area contributed by atoms with E-state index in [9.17, 15) is 10.1 Å². The predicted molar refractivity (Wildman–Crippen MR) is 92.7 cm³/mol. The average Bonchev–Trinajstić information content (AvgIpc) is 3.19. The first-order valence-electron chi connectivity index (χ1n) is 7.18. The smallest absolute Gasteiger partial charge is 0.246 e. The van der Waals surface area contributed by atoms with Crippen molar-refractivity contribution in [1.82, 2.24) is 4.98 Å². The molecule has 1 aromatic heterocycles. The van der Waals surface area contributed by atoms with Gasteiger partial charge in [-0.3, -0.25) is 4.79 Å². The highest BCUT2D eigenvalue weighted by Gasteiger charge is 2.41. The highest BCUT2D eigenvalue weighted by Crippen LogP contribution is 2.39. The molecule has 1 saturated carbocycles. The van der Waals surface area contributed by atoms with Crippen LogP contribution in [0, 0.1) is 16.7 Å². The Kier molecular flexibility index (Phi) is 4.58. The summed E-state index contributed by atoms with van der Waals surface area (Å²) in [4.78, 5) is 16.8. The van der Waals surface area contributed by atoms with E-state index in [1.54, 1.807) is 23.6 Å². The summed E-state index contributed by atoms with van der Waals surface area (Å²) in [7, 11) is 0. The van der Waals surface area contributed by atoms with Crippen LogP contribution < -0.4 is 5.32 Å². The molecule has 2 aromatic rings. The molecule has 4 nitrogen and oxygen atoms in total. The van der Waals surface area contributed by atoms with Gasteiger partial charge in [0.05, 0.1) is 16.8 Å². The number of rotatable bonds is 3. The molecule has 3 rings (SSSR count). The number of thiazole rings is 1. The first-order valence-corrected chi connectivity index (χ1v) is 8.81. The zero-order valence-electron chi connectivity index (χ0n) is 12.1. The van der Waals surface area contributed by atoms with Gasteiger partial charge in [-0.2, -0.15) is 5.26 Å². The zero-order chi connectivity index (χ0) is 16.4. The molecule has 0 spiro atoms. The summed E-state index contributed by atoms with van der Waals surface area (Å²) in [6.45, 7) is 0. The van der Waals surface area contributed by atoms with Gasteiger partial charge in [0.2, 0.25) is 5.91 Å². The van der Waals surface area contributed by atoms with Crippen LogP contribution in [-0.4, -0.2) is 10.9 Å². The van der Waals surface area contributed by atoms with Crippen LogP contribution in [0.15, 0.2) is 23.6 Å². The Morgan fingerprint density at radius 1 is 1.35 bits per heavy atom. The highest BCUT2D eigenvalue weighted by atomic mass is 35.5. The van der Waals surface area contributed by atoms with E-state index < -0.39 is 5.41 Å². The SMILES string of the molecule is N#CC1(C(=O)Nc2nc(-c3cc(Cl)ccc3Cl)cs2)CCCC1. The predicted octanol–water partition coefficient (Wildman–Crippen LogP) is 5.14. The normalized spacial score (nSPS) is 16.0. The minimum atomic E-state index is -0.917. The summed E-state index contributed by atoms with van der Waals surface area (Å²) in [6, 6.07) is 7.33. The third-order valence-corrected chi connectivity index (χ3v) is 5.36. The fraction of sp³-hybridized carbons (Fsp3) is 0.312. The van der Waals surface area contributed by atoms with Gasteiger partial charge < -0.3 is 5.32 Å². The zero-order valence-corrected chi connectivity index (χ0v) is 14.4. The molecular weight excluding hydrogens is 353 g/mol. The van der Waals surface area contributed by atoms with E-state index >= 15 is 0 Å². The van der Waals surface area contributed by atoms with Gasteiger partial charge in [-0.25, -0.2) is 4.98 Å². The lowest BCUT2D eigenvalue weighted by molar-refractivity contribution is -0.122. The van der Waals surface area contributed by atoms with E-state index in [1.165, 1.54) is 11.3 Å². The summed E-state index contributed by atoms with van der Waals surface area (Å²) >= 11 is 13.5. The van der Waals surface area contributed by atoms with Crippen molar-refractivity contribution < 1.29 is 4.79 Å². The number of nitrogens with zero attached hydrogens (tertiary/aromatic N) is 2. The van der Waals surface area contributed by atoms with E-state index in [4.69, 9.17) is 23.2 Å². The van der Waals surface area contributed by atoms with Gasteiger partial charge in [-0.1, -0.05) is 36.0 Å². The number of nitrogens with one attached hydrogen (secondary N) is 1. The molecule has 7 heteroatoms. The Morgan fingerprint density at radius 3 is 2.78 bits per heavy atom. The molecule has 0 atom stereocenters. The number of amides is 1. The van der Waals surface area contributed by atoms with E-state index in [0.717, 1.165) is 12.8 Å². The van der Waals surface area contributed by atoms with Gasteiger partial charge in [0, 0.05) is 16.0 Å². The topological polar surface area (TPSA) is 65.8 Å². The summed E-state index contributed by atoms with van der Waals surface area (Å²) in [5.74, 6) is -0.268. The molecule has 0 unspecified atom stereocenters. The molecule has 118 valence electrons. The molecule has 0 aliphatic heterocycles. The van der Waals surface area contributed by atoms with Gasteiger partial charge in [0.25, 0.3) is 0 Å². The molecule has 1 N–H and O–H groups in total. The Labute approximate surface area is 148 Å². The van der Waals surface area contributed by atoms with Crippen LogP contribution in [0.5, 0.6) is 0 Å². The molecule has 1 aromatic carbocycles. The second-order valence-corrected chi connectivity index (χ2v) is 7.22. The molecule has 1 heterocycles. The molecule has 1 aliphatic rings. The largest absolute Gasteiger partial charge is 0.301 e. The van der Waals surface area contributed by atoms with Crippen molar-refractivity contribution in [3.8, 4) is 17.3 Å². The van der Waals surface area contributed by atoms with Crippen LogP contribution in [0.4, 0.5) is 5.13 Å². The highest BCUT2D eigenvalue weighted by molar-refractivity contribution is 7.14. The third kappa shape index (κ3) is 3.20. The fourth-order valence-corrected chi connectivity index (χ4v) is 3.83. The van der Waals surface area contributed by atoms with Crippen LogP contribution in [-0.2, 0) is 4.79 Å². The third-order valence-electron chi connectivity index (χ3n) is 4.03. The number of benzene rings is 1. The minimum absolute atomic E-state index is 0.268. The summed E-state index contributed by atoms with van der Waals surface area (Å²) in [5, 5.41) is 15.5. The lowest BCUT2D eigenvalue weighted by atomic mass is 9.87. The number of carbonyl (C=O) groups excluding carboxylic acids is 1. The van der Waals surface area contributed by atoms with Crippen molar-refractivity contribution in [2.75, 3.05) is 5.32 Å². The van der Waals surface area contributed by atoms with Crippen LogP contribution >= 0.6 is 34.5 Å². The van der Waals surface area contributed by atoms with Crippen molar-refractivity contribution in [2.24, 2.45) is 5.41 Å². The number of hydrogen-bond acceptors (Lipinski definition) is 4. The number of carbonyl (C=O) groups is 1. The van der Waals surface area contributed by atoms with Gasteiger partial charge >= 0.3 is 0 Å². The van der Waals surface area contributed by atoms with Gasteiger partial charge in [0.15, 0.2) is 5.13 Å². The first-order chi connectivity index (χ1) is 11.0. The summed E-state index contributed by atoms with van der Waals surface area (Å²) in [5.41, 5.74) is 0.446. The number of aromatic nitrogens is 1. The minimum Gasteiger partial charge on any atom is -0.301 e. The van der Waals surface area contributed by atoms with Crippen molar-refractivity contribution in [2.45, 2.75) is 25.7 Å². The Balaban J connectivity index is 1.81. The lowest BCUT2D eigenvalue weighted by Crippen LogP contribution is -2.32. The Bertz CT molecular complexity index is 791. The second-order valence-electron chi connectivity index (χ2n) is 5.52. The van der Waals surface area contributed by atoms with Crippen molar-refractivity contribution >= 4 is 45.6 Å². The van der Waals surface area contributed by atoms with Crippen molar-refractivity contribution in [3.05, 3.63) is 33.6 Å². The van der Waals surface area contributed by atoms with Crippen LogP contribution in [0.2, 0.25) is 10.0 Å². The van der Waals surface area contributed by atoms with E-state index in [-0.39, 0.29) is 5.91 Å². The van der Waals surface area contributed by atoms with Gasteiger partial charge in [-0.05, 0) is 31.0 Å². The van der Waals surface area contributed by atoms with Crippen molar-refractivity contribution in [1.29, 1.82) is 5.26 Å². The van der Waals surface area contributed by atoms with Gasteiger partial charge in [0.1, 0.15) is 5.41 Å². The van der Waals surface area contributed by atoms with E-state index in [1.807, 2.05) is 0 Å². The molecule has 1 amide bonds. The maximum absolute atomic E-state index is 12.4. The van der Waals surface area contributed by atoms with E-state index in [0.29, 0.717) is 39.3 Å². The van der Waals surface area contributed by atoms with Crippen molar-refractivity contribution in [3.63, 3.8) is 0 Å². The monoisotopic (exact) mass is 365 g/mol. The quantitative estimate of drug-likeness (QED) is 0.818. The number of hydrogen-bond donors (Lipinski definition) is 1. The molecule has 1 aliphatic carbocycles. The Morgan fingerprint density at radius 2 is 2.09 bits per heavy atom.